The second-order valence-electron chi connectivity index (χ2n) is 7.17. The number of benzene rings is 1. The van der Waals surface area contributed by atoms with Gasteiger partial charge in [0.2, 0.25) is 0 Å². The van der Waals surface area contributed by atoms with Gasteiger partial charge >= 0.3 is 0 Å². The van der Waals surface area contributed by atoms with Crippen molar-refractivity contribution in [2.45, 2.75) is 33.1 Å². The van der Waals surface area contributed by atoms with Gasteiger partial charge < -0.3 is 0 Å². The van der Waals surface area contributed by atoms with Crippen LogP contribution in [0.1, 0.15) is 43.5 Å². The first kappa shape index (κ1) is 13.1. The van der Waals surface area contributed by atoms with Crippen LogP contribution >= 0.6 is 0 Å². The summed E-state index contributed by atoms with van der Waals surface area (Å²) < 4.78 is 0. The smallest absolute Gasteiger partial charge is 0.170 e. The zero-order valence-electron chi connectivity index (χ0n) is 12.8. The first-order chi connectivity index (χ1) is 10.1. The topological polar surface area (TPSA) is 17.1 Å². The van der Waals surface area contributed by atoms with Crippen molar-refractivity contribution < 1.29 is 4.79 Å². The van der Waals surface area contributed by atoms with Crippen molar-refractivity contribution in [3.05, 3.63) is 59.2 Å². The van der Waals surface area contributed by atoms with Gasteiger partial charge in [0.15, 0.2) is 5.78 Å². The predicted octanol–water partition coefficient (Wildman–Crippen LogP) is 4.81. The average molecular weight is 278 g/mol. The first-order valence-corrected chi connectivity index (χ1v) is 8.06. The molecule has 0 N–H and O–H groups in total. The highest BCUT2D eigenvalue weighted by Gasteiger charge is 2.60. The van der Waals surface area contributed by atoms with Gasteiger partial charge in [-0.1, -0.05) is 53.6 Å². The van der Waals surface area contributed by atoms with Crippen molar-refractivity contribution in [2.75, 3.05) is 0 Å². The maximum Gasteiger partial charge on any atom is 0.170 e. The van der Waals surface area contributed by atoms with E-state index in [-0.39, 0.29) is 5.41 Å². The summed E-state index contributed by atoms with van der Waals surface area (Å²) in [5.74, 6) is 1.97. The maximum absolute atomic E-state index is 13.4. The van der Waals surface area contributed by atoms with Crippen molar-refractivity contribution in [1.29, 1.82) is 0 Å². The van der Waals surface area contributed by atoms with Gasteiger partial charge in [0.1, 0.15) is 0 Å². The van der Waals surface area contributed by atoms with Crippen LogP contribution in [0, 0.1) is 23.2 Å². The Morgan fingerprint density at radius 3 is 2.62 bits per heavy atom. The molecule has 21 heavy (non-hydrogen) atoms. The minimum atomic E-state index is -0.162. The summed E-state index contributed by atoms with van der Waals surface area (Å²) >= 11 is 0. The van der Waals surface area contributed by atoms with Gasteiger partial charge in [-0.2, -0.15) is 0 Å². The van der Waals surface area contributed by atoms with Crippen LogP contribution in [0.3, 0.4) is 0 Å². The molecule has 0 saturated heterocycles. The molecule has 0 heterocycles. The highest BCUT2D eigenvalue weighted by molar-refractivity contribution is 6.02. The van der Waals surface area contributed by atoms with Gasteiger partial charge in [0.05, 0.1) is 0 Å². The van der Waals surface area contributed by atoms with E-state index in [1.54, 1.807) is 0 Å². The number of fused-ring (bicyclic) bond motifs is 5. The number of rotatable bonds is 2. The molecule has 1 aromatic carbocycles. The normalized spacial score (nSPS) is 37.0. The Hall–Kier alpha value is -1.63. The average Bonchev–Trinajstić information content (AvgIpc) is 3.09. The first-order valence-electron chi connectivity index (χ1n) is 8.06. The Morgan fingerprint density at radius 1 is 1.10 bits per heavy atom. The SMILES string of the molecule is CC1=C(C)CC2(C(=O)c3ccccc3)C3C=CC(C3)C2C1. The van der Waals surface area contributed by atoms with Crippen LogP contribution in [-0.2, 0) is 0 Å². The minimum Gasteiger partial charge on any atom is -0.294 e. The second kappa shape index (κ2) is 4.43. The van der Waals surface area contributed by atoms with Crippen LogP contribution in [-0.4, -0.2) is 5.78 Å². The zero-order valence-corrected chi connectivity index (χ0v) is 12.8. The molecule has 1 nitrogen and oxygen atoms in total. The lowest BCUT2D eigenvalue weighted by Gasteiger charge is -2.45. The van der Waals surface area contributed by atoms with E-state index in [9.17, 15) is 4.79 Å². The molecule has 3 aliphatic carbocycles. The molecule has 1 fully saturated rings. The van der Waals surface area contributed by atoms with Crippen LogP contribution in [0.25, 0.3) is 0 Å². The molecule has 108 valence electrons. The molecule has 1 heteroatoms. The number of carbonyl (C=O) groups excluding carboxylic acids is 1. The Balaban J connectivity index is 1.83. The van der Waals surface area contributed by atoms with Crippen LogP contribution in [0.2, 0.25) is 0 Å². The maximum atomic E-state index is 13.4. The molecule has 1 aromatic rings. The van der Waals surface area contributed by atoms with Gasteiger partial charge in [-0.15, -0.1) is 0 Å². The van der Waals surface area contributed by atoms with Gasteiger partial charge in [0, 0.05) is 11.0 Å². The summed E-state index contributed by atoms with van der Waals surface area (Å²) in [6.07, 6.45) is 7.96. The number of ketones is 1. The van der Waals surface area contributed by atoms with Crippen LogP contribution in [0.4, 0.5) is 0 Å². The Bertz CT molecular complexity index is 652. The molecular formula is C20H22O. The van der Waals surface area contributed by atoms with E-state index in [0.29, 0.717) is 23.5 Å². The molecule has 2 bridgehead atoms. The van der Waals surface area contributed by atoms with Crippen LogP contribution < -0.4 is 0 Å². The third-order valence-electron chi connectivity index (χ3n) is 6.23. The lowest BCUT2D eigenvalue weighted by molar-refractivity contribution is 0.0592. The fourth-order valence-corrected chi connectivity index (χ4v) is 5.03. The summed E-state index contributed by atoms with van der Waals surface area (Å²) in [6, 6.07) is 9.94. The van der Waals surface area contributed by atoms with Crippen molar-refractivity contribution >= 4 is 5.78 Å². The predicted molar refractivity (Wildman–Crippen MR) is 85.0 cm³/mol. The minimum absolute atomic E-state index is 0.162. The van der Waals surface area contributed by atoms with Crippen molar-refractivity contribution in [3.63, 3.8) is 0 Å². The number of hydrogen-bond acceptors (Lipinski definition) is 1. The fraction of sp³-hybridized carbons (Fsp3) is 0.450. The number of Topliss-reactive ketones (excluding diaryl/α,β-unsaturated/α-hetero) is 1. The summed E-state index contributed by atoms with van der Waals surface area (Å²) in [5, 5.41) is 0. The highest BCUT2D eigenvalue weighted by Crippen LogP contribution is 2.63. The van der Waals surface area contributed by atoms with E-state index in [4.69, 9.17) is 0 Å². The Labute approximate surface area is 126 Å². The number of hydrogen-bond donors (Lipinski definition) is 0. The standard InChI is InChI=1S/C20H22O/c1-13-10-18-16-8-9-17(11-16)20(18,12-14(13)2)19(21)15-6-4-3-5-7-15/h3-9,16-18H,10-12H2,1-2H3. The molecule has 0 amide bonds. The third kappa shape index (κ3) is 1.67. The summed E-state index contributed by atoms with van der Waals surface area (Å²) in [4.78, 5) is 13.4. The molecule has 0 aromatic heterocycles. The molecule has 1 saturated carbocycles. The molecular weight excluding hydrogens is 256 g/mol. The quantitative estimate of drug-likeness (QED) is 0.560. The van der Waals surface area contributed by atoms with E-state index >= 15 is 0 Å². The molecule has 0 aliphatic heterocycles. The van der Waals surface area contributed by atoms with E-state index in [1.165, 1.54) is 17.6 Å². The highest BCUT2D eigenvalue weighted by atomic mass is 16.1. The largest absolute Gasteiger partial charge is 0.294 e. The van der Waals surface area contributed by atoms with Crippen LogP contribution in [0.5, 0.6) is 0 Å². The molecule has 0 radical (unpaired) electrons. The molecule has 0 spiro atoms. The van der Waals surface area contributed by atoms with Gasteiger partial charge in [-0.25, -0.2) is 0 Å². The number of carbonyl (C=O) groups is 1. The Morgan fingerprint density at radius 2 is 1.86 bits per heavy atom. The van der Waals surface area contributed by atoms with E-state index in [0.717, 1.165) is 18.4 Å². The van der Waals surface area contributed by atoms with Gasteiger partial charge in [0.25, 0.3) is 0 Å². The van der Waals surface area contributed by atoms with Crippen molar-refractivity contribution in [2.24, 2.45) is 23.2 Å². The summed E-state index contributed by atoms with van der Waals surface area (Å²) in [5.41, 5.74) is 3.69. The van der Waals surface area contributed by atoms with Gasteiger partial charge in [-0.05, 0) is 50.9 Å². The third-order valence-corrected chi connectivity index (χ3v) is 6.23. The summed E-state index contributed by atoms with van der Waals surface area (Å²) in [6.45, 7) is 4.48. The zero-order chi connectivity index (χ0) is 14.6. The summed E-state index contributed by atoms with van der Waals surface area (Å²) in [7, 11) is 0. The lowest BCUT2D eigenvalue weighted by Crippen LogP contribution is -2.44. The molecule has 4 unspecified atom stereocenters. The molecule has 4 atom stereocenters. The second-order valence-corrected chi connectivity index (χ2v) is 7.17. The molecule has 4 rings (SSSR count). The lowest BCUT2D eigenvalue weighted by atomic mass is 9.57. The van der Waals surface area contributed by atoms with Crippen LogP contribution in [0.15, 0.2) is 53.6 Å². The Kier molecular flexibility index (Phi) is 2.76. The van der Waals surface area contributed by atoms with E-state index in [1.807, 2.05) is 30.3 Å². The van der Waals surface area contributed by atoms with Gasteiger partial charge in [-0.3, -0.25) is 4.79 Å². The van der Waals surface area contributed by atoms with E-state index in [2.05, 4.69) is 26.0 Å². The van der Waals surface area contributed by atoms with E-state index < -0.39 is 0 Å². The fourth-order valence-electron chi connectivity index (χ4n) is 5.03. The monoisotopic (exact) mass is 278 g/mol. The van der Waals surface area contributed by atoms with Crippen molar-refractivity contribution in [3.8, 4) is 0 Å². The number of allylic oxidation sites excluding steroid dienone is 4. The van der Waals surface area contributed by atoms with Crippen molar-refractivity contribution in [1.82, 2.24) is 0 Å². The molecule has 3 aliphatic rings.